The SMILES string of the molecule is Cc1cc(CNC(=O)C2(C#N)CCCC2)cc(C)c1F. The van der Waals surface area contributed by atoms with E-state index in [9.17, 15) is 14.4 Å². The molecule has 0 aromatic heterocycles. The predicted octanol–water partition coefficient (Wildman–Crippen LogP) is 3.14. The van der Waals surface area contributed by atoms with Crippen LogP contribution in [-0.4, -0.2) is 5.91 Å². The minimum absolute atomic E-state index is 0.197. The summed E-state index contributed by atoms with van der Waals surface area (Å²) in [4.78, 5) is 12.2. The lowest BCUT2D eigenvalue weighted by Gasteiger charge is -2.19. The summed E-state index contributed by atoms with van der Waals surface area (Å²) in [5, 5.41) is 12.1. The van der Waals surface area contributed by atoms with Crippen LogP contribution in [0.15, 0.2) is 12.1 Å². The molecule has 1 aliphatic carbocycles. The summed E-state index contributed by atoms with van der Waals surface area (Å²) in [6.45, 7) is 3.76. The Morgan fingerprint density at radius 1 is 1.35 bits per heavy atom. The highest BCUT2D eigenvalue weighted by Crippen LogP contribution is 2.37. The van der Waals surface area contributed by atoms with Gasteiger partial charge in [-0.15, -0.1) is 0 Å². The Morgan fingerprint density at radius 3 is 2.40 bits per heavy atom. The van der Waals surface area contributed by atoms with Gasteiger partial charge < -0.3 is 5.32 Å². The molecule has 1 aromatic carbocycles. The third-order valence-electron chi connectivity index (χ3n) is 4.06. The third kappa shape index (κ3) is 2.67. The van der Waals surface area contributed by atoms with Gasteiger partial charge in [0.15, 0.2) is 0 Å². The monoisotopic (exact) mass is 274 g/mol. The number of amides is 1. The first-order valence-corrected chi connectivity index (χ1v) is 6.94. The molecule has 0 saturated heterocycles. The van der Waals surface area contributed by atoms with E-state index < -0.39 is 5.41 Å². The summed E-state index contributed by atoms with van der Waals surface area (Å²) in [5.74, 6) is -0.401. The Bertz CT molecular complexity index is 545. The molecule has 1 N–H and O–H groups in total. The summed E-state index contributed by atoms with van der Waals surface area (Å²) < 4.78 is 13.5. The number of rotatable bonds is 3. The Morgan fingerprint density at radius 2 is 1.90 bits per heavy atom. The molecule has 20 heavy (non-hydrogen) atoms. The van der Waals surface area contributed by atoms with E-state index in [0.717, 1.165) is 18.4 Å². The lowest BCUT2D eigenvalue weighted by Crippen LogP contribution is -2.37. The van der Waals surface area contributed by atoms with Gasteiger partial charge in [0, 0.05) is 6.54 Å². The number of nitrogens with one attached hydrogen (secondary N) is 1. The van der Waals surface area contributed by atoms with Gasteiger partial charge in [0.05, 0.1) is 6.07 Å². The van der Waals surface area contributed by atoms with Crippen molar-refractivity contribution in [3.63, 3.8) is 0 Å². The zero-order valence-corrected chi connectivity index (χ0v) is 11.9. The molecule has 0 bridgehead atoms. The molecule has 3 nitrogen and oxygen atoms in total. The van der Waals surface area contributed by atoms with Crippen molar-refractivity contribution in [2.75, 3.05) is 0 Å². The van der Waals surface area contributed by atoms with Crippen molar-refractivity contribution < 1.29 is 9.18 Å². The number of nitrogens with zero attached hydrogens (tertiary/aromatic N) is 1. The largest absolute Gasteiger partial charge is 0.351 e. The molecule has 0 aliphatic heterocycles. The summed E-state index contributed by atoms with van der Waals surface area (Å²) in [6.07, 6.45) is 3.12. The van der Waals surface area contributed by atoms with Crippen molar-refractivity contribution in [2.45, 2.75) is 46.1 Å². The zero-order chi connectivity index (χ0) is 14.8. The van der Waals surface area contributed by atoms with Crippen molar-refractivity contribution >= 4 is 5.91 Å². The van der Waals surface area contributed by atoms with E-state index in [4.69, 9.17) is 0 Å². The van der Waals surface area contributed by atoms with Crippen LogP contribution in [0.5, 0.6) is 0 Å². The van der Waals surface area contributed by atoms with Gasteiger partial charge in [-0.3, -0.25) is 4.79 Å². The quantitative estimate of drug-likeness (QED) is 0.920. The minimum Gasteiger partial charge on any atom is -0.351 e. The highest BCUT2D eigenvalue weighted by Gasteiger charge is 2.41. The summed E-state index contributed by atoms with van der Waals surface area (Å²) in [6, 6.07) is 5.64. The molecule has 1 aromatic rings. The van der Waals surface area contributed by atoms with Crippen LogP contribution in [0, 0.1) is 36.4 Å². The molecule has 2 rings (SSSR count). The molecule has 0 unspecified atom stereocenters. The van der Waals surface area contributed by atoms with Gasteiger partial charge in [-0.05, 0) is 43.4 Å². The Labute approximate surface area is 118 Å². The molecule has 106 valence electrons. The van der Waals surface area contributed by atoms with Gasteiger partial charge in [0.2, 0.25) is 5.91 Å². The van der Waals surface area contributed by atoms with Crippen molar-refractivity contribution in [3.8, 4) is 6.07 Å². The van der Waals surface area contributed by atoms with Gasteiger partial charge in [-0.2, -0.15) is 5.26 Å². The molecule has 1 saturated carbocycles. The second-order valence-corrected chi connectivity index (χ2v) is 5.63. The number of carbonyl (C=O) groups excluding carboxylic acids is 1. The number of nitriles is 1. The fourth-order valence-corrected chi connectivity index (χ4v) is 2.86. The van der Waals surface area contributed by atoms with Crippen LogP contribution >= 0.6 is 0 Å². The fraction of sp³-hybridized carbons (Fsp3) is 0.500. The van der Waals surface area contributed by atoms with Crippen LogP contribution in [-0.2, 0) is 11.3 Å². The number of aryl methyl sites for hydroxylation is 2. The van der Waals surface area contributed by atoms with Crippen LogP contribution in [0.4, 0.5) is 4.39 Å². The summed E-state index contributed by atoms with van der Waals surface area (Å²) in [7, 11) is 0. The maximum Gasteiger partial charge on any atom is 0.240 e. The molecule has 0 spiro atoms. The molecule has 0 radical (unpaired) electrons. The van der Waals surface area contributed by atoms with E-state index in [2.05, 4.69) is 11.4 Å². The van der Waals surface area contributed by atoms with Crippen molar-refractivity contribution in [3.05, 3.63) is 34.6 Å². The Hall–Kier alpha value is -1.89. The van der Waals surface area contributed by atoms with Gasteiger partial charge in [0.25, 0.3) is 0 Å². The van der Waals surface area contributed by atoms with E-state index in [1.165, 1.54) is 0 Å². The van der Waals surface area contributed by atoms with Crippen LogP contribution in [0.25, 0.3) is 0 Å². The van der Waals surface area contributed by atoms with Crippen molar-refractivity contribution in [1.82, 2.24) is 5.32 Å². The molecule has 1 fully saturated rings. The van der Waals surface area contributed by atoms with Crippen molar-refractivity contribution in [1.29, 1.82) is 5.26 Å². The van der Waals surface area contributed by atoms with Gasteiger partial charge in [0.1, 0.15) is 11.2 Å². The van der Waals surface area contributed by atoms with Crippen LogP contribution in [0.3, 0.4) is 0 Å². The maximum atomic E-state index is 13.5. The second kappa shape index (κ2) is 5.62. The van der Waals surface area contributed by atoms with Gasteiger partial charge in [-0.1, -0.05) is 25.0 Å². The molecule has 1 aliphatic rings. The topological polar surface area (TPSA) is 52.9 Å². The standard InChI is InChI=1S/C16H19FN2O/c1-11-7-13(8-12(2)14(11)17)9-19-15(20)16(10-18)5-3-4-6-16/h7-8H,3-6,9H2,1-2H3,(H,19,20). The first kappa shape index (κ1) is 14.5. The molecule has 1 amide bonds. The summed E-state index contributed by atoms with van der Waals surface area (Å²) in [5.41, 5.74) is 1.15. The number of hydrogen-bond acceptors (Lipinski definition) is 2. The average molecular weight is 274 g/mol. The minimum atomic E-state index is -0.857. The number of hydrogen-bond donors (Lipinski definition) is 1. The molecular weight excluding hydrogens is 255 g/mol. The Kier molecular flexibility index (Phi) is 4.08. The highest BCUT2D eigenvalue weighted by atomic mass is 19.1. The second-order valence-electron chi connectivity index (χ2n) is 5.63. The van der Waals surface area contributed by atoms with Crippen molar-refractivity contribution in [2.24, 2.45) is 5.41 Å². The van der Waals surface area contributed by atoms with E-state index in [1.54, 1.807) is 26.0 Å². The summed E-state index contributed by atoms with van der Waals surface area (Å²) >= 11 is 0. The molecule has 0 atom stereocenters. The number of benzene rings is 1. The van der Waals surface area contributed by atoms with E-state index in [-0.39, 0.29) is 11.7 Å². The third-order valence-corrected chi connectivity index (χ3v) is 4.06. The van der Waals surface area contributed by atoms with E-state index in [1.807, 2.05) is 0 Å². The van der Waals surface area contributed by atoms with Gasteiger partial charge in [-0.25, -0.2) is 4.39 Å². The molecule has 4 heteroatoms. The maximum absolute atomic E-state index is 13.5. The van der Waals surface area contributed by atoms with Crippen LogP contribution in [0.1, 0.15) is 42.4 Å². The lowest BCUT2D eigenvalue weighted by molar-refractivity contribution is -0.128. The first-order chi connectivity index (χ1) is 9.48. The normalized spacial score (nSPS) is 16.7. The Balaban J connectivity index is 2.06. The van der Waals surface area contributed by atoms with E-state index >= 15 is 0 Å². The predicted molar refractivity (Wildman–Crippen MR) is 74.2 cm³/mol. The molecular formula is C16H19FN2O. The van der Waals surface area contributed by atoms with Gasteiger partial charge >= 0.3 is 0 Å². The highest BCUT2D eigenvalue weighted by molar-refractivity contribution is 5.85. The fourth-order valence-electron chi connectivity index (χ4n) is 2.86. The van der Waals surface area contributed by atoms with Crippen LogP contribution in [0.2, 0.25) is 0 Å². The lowest BCUT2D eigenvalue weighted by atomic mass is 9.87. The zero-order valence-electron chi connectivity index (χ0n) is 11.9. The number of halogens is 1. The smallest absolute Gasteiger partial charge is 0.240 e. The van der Waals surface area contributed by atoms with Crippen LogP contribution < -0.4 is 5.32 Å². The number of carbonyl (C=O) groups is 1. The first-order valence-electron chi connectivity index (χ1n) is 6.94. The molecule has 0 heterocycles. The van der Waals surface area contributed by atoms with E-state index in [0.29, 0.717) is 30.5 Å². The average Bonchev–Trinajstić information content (AvgIpc) is 2.92.